The second kappa shape index (κ2) is 3.45. The molecule has 6 heteroatoms. The zero-order valence-electron chi connectivity index (χ0n) is 5.93. The van der Waals surface area contributed by atoms with E-state index < -0.39 is 20.6 Å². The van der Waals surface area contributed by atoms with Crippen LogP contribution in [0.4, 0.5) is 11.4 Å². The molecule has 0 spiro atoms. The van der Waals surface area contributed by atoms with Crippen LogP contribution >= 0.6 is 0 Å². The van der Waals surface area contributed by atoms with Gasteiger partial charge in [0.05, 0.1) is 0 Å². The standard InChI is InChI=1S/C6H5AsN2O3/c8-5-2-1-4(7-10)3-6(5)9(11)12/h1-3H,8H2. The van der Waals surface area contributed by atoms with Crippen LogP contribution in [0.25, 0.3) is 0 Å². The summed E-state index contributed by atoms with van der Waals surface area (Å²) in [5.41, 5.74) is 5.23. The molecule has 0 aromatic heterocycles. The van der Waals surface area contributed by atoms with Crippen LogP contribution in [0.1, 0.15) is 0 Å². The molecule has 0 atom stereocenters. The number of nitrogens with two attached hydrogens (primary N) is 1. The van der Waals surface area contributed by atoms with Gasteiger partial charge in [-0.2, -0.15) is 0 Å². The van der Waals surface area contributed by atoms with Crippen molar-refractivity contribution in [3.63, 3.8) is 0 Å². The Hall–Kier alpha value is -1.22. The number of hydrogen-bond acceptors (Lipinski definition) is 4. The Kier molecular flexibility index (Phi) is 2.55. The summed E-state index contributed by atoms with van der Waals surface area (Å²) in [7, 11) is 0. The molecule has 12 heavy (non-hydrogen) atoms. The third-order valence-electron chi connectivity index (χ3n) is 1.32. The third-order valence-corrected chi connectivity index (χ3v) is 2.34. The number of rotatable bonds is 2. The van der Waals surface area contributed by atoms with Gasteiger partial charge in [0.15, 0.2) is 0 Å². The van der Waals surface area contributed by atoms with Crippen molar-refractivity contribution in [1.82, 2.24) is 0 Å². The molecule has 0 fully saturated rings. The van der Waals surface area contributed by atoms with Crippen LogP contribution in [0.2, 0.25) is 0 Å². The quantitative estimate of drug-likeness (QED) is 0.330. The summed E-state index contributed by atoms with van der Waals surface area (Å²) in [6.07, 6.45) is 0. The normalized spacial score (nSPS) is 10.0. The molecule has 0 saturated carbocycles. The molecular formula is C6H5AsN2O3. The second-order valence-corrected chi connectivity index (χ2v) is 3.56. The molecule has 5 nitrogen and oxygen atoms in total. The van der Waals surface area contributed by atoms with Gasteiger partial charge in [-0.05, 0) is 0 Å². The summed E-state index contributed by atoms with van der Waals surface area (Å²) >= 11 is -1.23. The topological polar surface area (TPSA) is 86.2 Å². The summed E-state index contributed by atoms with van der Waals surface area (Å²) in [5.74, 6) is 0. The zero-order valence-corrected chi connectivity index (χ0v) is 7.81. The van der Waals surface area contributed by atoms with Crippen LogP contribution in [0, 0.1) is 10.1 Å². The molecule has 62 valence electrons. The van der Waals surface area contributed by atoms with Crippen LogP contribution in [0.15, 0.2) is 18.2 Å². The van der Waals surface area contributed by atoms with Crippen molar-refractivity contribution in [3.05, 3.63) is 28.3 Å². The Labute approximate surface area is 74.6 Å². The van der Waals surface area contributed by atoms with Crippen molar-refractivity contribution in [3.8, 4) is 0 Å². The monoisotopic (exact) mass is 228 g/mol. The van der Waals surface area contributed by atoms with Gasteiger partial charge in [-0.1, -0.05) is 0 Å². The van der Waals surface area contributed by atoms with Gasteiger partial charge >= 0.3 is 74.1 Å². The number of nitro groups is 1. The Morgan fingerprint density at radius 1 is 1.50 bits per heavy atom. The van der Waals surface area contributed by atoms with E-state index in [0.29, 0.717) is 4.35 Å². The molecule has 0 aliphatic carbocycles. The maximum atomic E-state index is 10.4. The number of hydrogen-bond donors (Lipinski definition) is 1. The van der Waals surface area contributed by atoms with E-state index in [2.05, 4.69) is 0 Å². The number of nitro benzene ring substituents is 1. The SMILES string of the molecule is Nc1ccc([As]=O)cc1[N+](=O)[O-]. The molecule has 0 saturated heterocycles. The molecule has 0 heterocycles. The average Bonchev–Trinajstić information content (AvgIpc) is 2.05. The van der Waals surface area contributed by atoms with Crippen LogP contribution in [-0.4, -0.2) is 20.6 Å². The molecular weight excluding hydrogens is 223 g/mol. The van der Waals surface area contributed by atoms with Gasteiger partial charge in [0, 0.05) is 0 Å². The number of anilines is 1. The van der Waals surface area contributed by atoms with Gasteiger partial charge in [0.25, 0.3) is 0 Å². The molecule has 1 rings (SSSR count). The van der Waals surface area contributed by atoms with Gasteiger partial charge in [-0.15, -0.1) is 0 Å². The van der Waals surface area contributed by atoms with Gasteiger partial charge < -0.3 is 0 Å². The molecule has 0 bridgehead atoms. The average molecular weight is 228 g/mol. The first-order chi connectivity index (χ1) is 5.65. The molecule has 0 aliphatic heterocycles. The summed E-state index contributed by atoms with van der Waals surface area (Å²) in [6, 6.07) is 4.15. The van der Waals surface area contributed by atoms with Crippen molar-refractivity contribution in [2.45, 2.75) is 0 Å². The van der Waals surface area contributed by atoms with Crippen molar-refractivity contribution in [2.75, 3.05) is 5.73 Å². The van der Waals surface area contributed by atoms with E-state index in [0.717, 1.165) is 0 Å². The van der Waals surface area contributed by atoms with Crippen LogP contribution in [-0.2, 0) is 3.74 Å². The molecule has 2 N–H and O–H groups in total. The Balaban J connectivity index is 3.25. The summed E-state index contributed by atoms with van der Waals surface area (Å²) in [5, 5.41) is 10.3. The van der Waals surface area contributed by atoms with Gasteiger partial charge in [-0.25, -0.2) is 0 Å². The molecule has 1 aromatic carbocycles. The molecule has 0 radical (unpaired) electrons. The van der Waals surface area contributed by atoms with E-state index in [1.807, 2.05) is 0 Å². The Bertz CT molecular complexity index is 340. The number of benzene rings is 1. The first-order valence-corrected chi connectivity index (χ1v) is 4.73. The van der Waals surface area contributed by atoms with Gasteiger partial charge in [0.2, 0.25) is 0 Å². The Morgan fingerprint density at radius 3 is 2.67 bits per heavy atom. The van der Waals surface area contributed by atoms with Crippen molar-refractivity contribution in [1.29, 1.82) is 0 Å². The molecule has 0 aliphatic rings. The Morgan fingerprint density at radius 2 is 2.17 bits per heavy atom. The van der Waals surface area contributed by atoms with Crippen molar-refractivity contribution in [2.24, 2.45) is 0 Å². The van der Waals surface area contributed by atoms with Gasteiger partial charge in [0.1, 0.15) is 0 Å². The summed E-state index contributed by atoms with van der Waals surface area (Å²) < 4.78 is 10.9. The first-order valence-electron chi connectivity index (χ1n) is 3.02. The second-order valence-electron chi connectivity index (χ2n) is 2.09. The molecule has 1 aromatic rings. The number of nitrogens with zero attached hydrogens (tertiary/aromatic N) is 1. The van der Waals surface area contributed by atoms with E-state index >= 15 is 0 Å². The predicted molar refractivity (Wildman–Crippen MR) is 43.6 cm³/mol. The minimum atomic E-state index is -1.23. The maximum absolute atomic E-state index is 10.4. The van der Waals surface area contributed by atoms with Crippen LogP contribution in [0.3, 0.4) is 0 Å². The third kappa shape index (κ3) is 1.68. The van der Waals surface area contributed by atoms with Crippen molar-refractivity contribution >= 4 is 31.4 Å². The zero-order chi connectivity index (χ0) is 9.14. The van der Waals surface area contributed by atoms with E-state index in [9.17, 15) is 13.9 Å². The van der Waals surface area contributed by atoms with Crippen LogP contribution in [0.5, 0.6) is 0 Å². The van der Waals surface area contributed by atoms with E-state index in [-0.39, 0.29) is 11.4 Å². The fraction of sp³-hybridized carbons (Fsp3) is 0. The molecule has 0 amide bonds. The first kappa shape index (κ1) is 8.87. The minimum absolute atomic E-state index is 0.0957. The van der Waals surface area contributed by atoms with Gasteiger partial charge in [-0.3, -0.25) is 0 Å². The predicted octanol–water partition coefficient (Wildman–Crippen LogP) is -0.148. The fourth-order valence-corrected chi connectivity index (χ4v) is 1.40. The number of nitrogen functional groups attached to an aromatic ring is 1. The fourth-order valence-electron chi connectivity index (χ4n) is 0.747. The van der Waals surface area contributed by atoms with E-state index in [1.54, 1.807) is 0 Å². The van der Waals surface area contributed by atoms with Crippen LogP contribution < -0.4 is 10.1 Å². The summed E-state index contributed by atoms with van der Waals surface area (Å²) in [4.78, 5) is 9.74. The summed E-state index contributed by atoms with van der Waals surface area (Å²) in [6.45, 7) is 0. The molecule has 0 unspecified atom stereocenters. The van der Waals surface area contributed by atoms with E-state index in [1.165, 1.54) is 18.2 Å². The van der Waals surface area contributed by atoms with Crippen molar-refractivity contribution < 1.29 is 8.66 Å². The van der Waals surface area contributed by atoms with E-state index in [4.69, 9.17) is 5.73 Å².